The second kappa shape index (κ2) is 8.35. The molecule has 1 saturated heterocycles. The van der Waals surface area contributed by atoms with Gasteiger partial charge in [-0.05, 0) is 12.1 Å². The molecule has 1 aliphatic rings. The number of rotatable bonds is 4. The van der Waals surface area contributed by atoms with Crippen molar-refractivity contribution in [2.45, 2.75) is 31.2 Å². The normalized spacial score (nSPS) is 22.8. The largest absolute Gasteiger partial charge is 0.493 e. The SMILES string of the molecule is COc1c([C@@H]2[C@H](C)[C@H](C(F)(F)F)O[C@H]2c2cc(=O)c3c(C(N)=O)nccc3[nH]2)ccc(F)c1F. The van der Waals surface area contributed by atoms with E-state index in [-0.39, 0.29) is 27.9 Å². The zero-order valence-corrected chi connectivity index (χ0v) is 17.7. The van der Waals surface area contributed by atoms with Crippen LogP contribution >= 0.6 is 0 Å². The van der Waals surface area contributed by atoms with Gasteiger partial charge in [-0.15, -0.1) is 0 Å². The van der Waals surface area contributed by atoms with Crippen molar-refractivity contribution >= 4 is 16.8 Å². The Labute approximate surface area is 188 Å². The third kappa shape index (κ3) is 3.77. The molecule has 1 fully saturated rings. The molecule has 4 rings (SSSR count). The molecule has 1 amide bonds. The number of fused-ring (bicyclic) bond motifs is 1. The molecule has 4 atom stereocenters. The van der Waals surface area contributed by atoms with E-state index in [0.717, 1.165) is 25.3 Å². The molecule has 0 radical (unpaired) electrons. The van der Waals surface area contributed by atoms with Gasteiger partial charge in [0.05, 0.1) is 18.0 Å². The van der Waals surface area contributed by atoms with Gasteiger partial charge in [-0.25, -0.2) is 4.39 Å². The van der Waals surface area contributed by atoms with Gasteiger partial charge in [-0.1, -0.05) is 13.0 Å². The highest BCUT2D eigenvalue weighted by Gasteiger charge is 2.56. The van der Waals surface area contributed by atoms with Gasteiger partial charge in [-0.2, -0.15) is 17.6 Å². The summed E-state index contributed by atoms with van der Waals surface area (Å²) in [6.45, 7) is 1.26. The van der Waals surface area contributed by atoms with E-state index in [1.165, 1.54) is 19.2 Å². The minimum Gasteiger partial charge on any atom is -0.493 e. The van der Waals surface area contributed by atoms with Crippen LogP contribution in [0.4, 0.5) is 22.0 Å². The Hall–Kier alpha value is -3.54. The topological polar surface area (TPSA) is 107 Å². The molecule has 34 heavy (non-hydrogen) atoms. The number of aromatic nitrogens is 2. The van der Waals surface area contributed by atoms with E-state index in [2.05, 4.69) is 9.97 Å². The molecule has 0 bridgehead atoms. The molecule has 1 aliphatic heterocycles. The van der Waals surface area contributed by atoms with Crippen LogP contribution in [0.15, 0.2) is 35.3 Å². The maximum Gasteiger partial charge on any atom is 0.414 e. The number of hydrogen-bond donors (Lipinski definition) is 2. The fourth-order valence-electron chi connectivity index (χ4n) is 4.50. The third-order valence-electron chi connectivity index (χ3n) is 5.93. The van der Waals surface area contributed by atoms with Crippen LogP contribution in [-0.4, -0.2) is 35.3 Å². The van der Waals surface area contributed by atoms with Crippen LogP contribution < -0.4 is 15.9 Å². The van der Waals surface area contributed by atoms with Crippen molar-refractivity contribution in [3.8, 4) is 5.75 Å². The van der Waals surface area contributed by atoms with E-state index in [0.29, 0.717) is 0 Å². The van der Waals surface area contributed by atoms with E-state index in [9.17, 15) is 31.5 Å². The predicted molar refractivity (Wildman–Crippen MR) is 109 cm³/mol. The molecule has 7 nitrogen and oxygen atoms in total. The van der Waals surface area contributed by atoms with Crippen LogP contribution in [0.5, 0.6) is 5.75 Å². The second-order valence-electron chi connectivity index (χ2n) is 7.92. The van der Waals surface area contributed by atoms with Gasteiger partial charge in [0.2, 0.25) is 5.82 Å². The van der Waals surface area contributed by atoms with Gasteiger partial charge in [-0.3, -0.25) is 14.6 Å². The zero-order valence-electron chi connectivity index (χ0n) is 17.7. The highest BCUT2D eigenvalue weighted by atomic mass is 19.4. The Morgan fingerprint density at radius 3 is 2.56 bits per heavy atom. The molecule has 3 N–H and O–H groups in total. The molecule has 3 aromatic rings. The maximum atomic E-state index is 14.4. The highest BCUT2D eigenvalue weighted by Crippen LogP contribution is 2.54. The van der Waals surface area contributed by atoms with E-state index in [1.54, 1.807) is 0 Å². The molecule has 2 aromatic heterocycles. The number of nitrogens with one attached hydrogen (secondary N) is 1. The van der Waals surface area contributed by atoms with Crippen LogP contribution in [0.1, 0.15) is 40.7 Å². The lowest BCUT2D eigenvalue weighted by molar-refractivity contribution is -0.223. The minimum absolute atomic E-state index is 0.0563. The maximum absolute atomic E-state index is 14.4. The average molecular weight is 483 g/mol. The summed E-state index contributed by atoms with van der Waals surface area (Å²) in [5, 5.41) is -0.140. The summed E-state index contributed by atoms with van der Waals surface area (Å²) in [7, 11) is 1.06. The number of primary amides is 1. The Kier molecular flexibility index (Phi) is 5.80. The van der Waals surface area contributed by atoms with Crippen molar-refractivity contribution in [2.24, 2.45) is 11.7 Å². The van der Waals surface area contributed by atoms with Crippen LogP contribution in [0.3, 0.4) is 0 Å². The lowest BCUT2D eigenvalue weighted by Crippen LogP contribution is -2.33. The van der Waals surface area contributed by atoms with Gasteiger partial charge < -0.3 is 20.2 Å². The first-order valence-electron chi connectivity index (χ1n) is 10.0. The van der Waals surface area contributed by atoms with E-state index < -0.39 is 58.9 Å². The van der Waals surface area contributed by atoms with Crippen molar-refractivity contribution in [3.05, 3.63) is 69.3 Å². The molecule has 1 aromatic carbocycles. The van der Waals surface area contributed by atoms with E-state index >= 15 is 0 Å². The number of ether oxygens (including phenoxy) is 2. The molecule has 12 heteroatoms. The van der Waals surface area contributed by atoms with Gasteiger partial charge in [0.15, 0.2) is 23.1 Å². The van der Waals surface area contributed by atoms with Crippen LogP contribution in [-0.2, 0) is 4.74 Å². The number of carbonyl (C=O) groups is 1. The van der Waals surface area contributed by atoms with Crippen LogP contribution in [0.2, 0.25) is 0 Å². The summed E-state index contributed by atoms with van der Waals surface area (Å²) in [4.78, 5) is 31.1. The van der Waals surface area contributed by atoms with Gasteiger partial charge in [0.25, 0.3) is 5.91 Å². The van der Waals surface area contributed by atoms with Gasteiger partial charge >= 0.3 is 6.18 Å². The quantitative estimate of drug-likeness (QED) is 0.550. The van der Waals surface area contributed by atoms with E-state index in [4.69, 9.17) is 15.2 Å². The number of H-pyrrole nitrogens is 1. The number of carbonyl (C=O) groups excluding carboxylic acids is 1. The standard InChI is InChI=1S/C22H18F5N3O4/c1-8-14(9-3-4-10(23)16(24)18(9)33-2)19(34-20(8)22(25,26)27)12-7-13(31)15-11(30-12)5-6-29-17(15)21(28)32/h3-8,14,19-20H,1-2H3,(H2,28,32)(H,30,31)/t8-,14-,19-,20+/m0/s1. The Morgan fingerprint density at radius 2 is 1.94 bits per heavy atom. The molecular formula is C22H18F5N3O4. The molecule has 0 aliphatic carbocycles. The van der Waals surface area contributed by atoms with Crippen molar-refractivity contribution in [1.82, 2.24) is 9.97 Å². The first-order valence-corrected chi connectivity index (χ1v) is 10.0. The van der Waals surface area contributed by atoms with E-state index in [1.807, 2.05) is 0 Å². The smallest absolute Gasteiger partial charge is 0.414 e. The molecular weight excluding hydrogens is 465 g/mol. The Balaban J connectivity index is 1.94. The highest BCUT2D eigenvalue weighted by molar-refractivity contribution is 6.03. The fourth-order valence-corrected chi connectivity index (χ4v) is 4.50. The van der Waals surface area contributed by atoms with Crippen molar-refractivity contribution in [2.75, 3.05) is 7.11 Å². The van der Waals surface area contributed by atoms with Gasteiger partial charge in [0.1, 0.15) is 11.8 Å². The molecule has 180 valence electrons. The van der Waals surface area contributed by atoms with Crippen molar-refractivity contribution in [1.29, 1.82) is 0 Å². The van der Waals surface area contributed by atoms with Crippen molar-refractivity contribution < 1.29 is 36.2 Å². The lowest BCUT2D eigenvalue weighted by Gasteiger charge is -2.24. The molecule has 3 heterocycles. The predicted octanol–water partition coefficient (Wildman–Crippen LogP) is 3.73. The first kappa shape index (κ1) is 23.6. The summed E-state index contributed by atoms with van der Waals surface area (Å²) >= 11 is 0. The van der Waals surface area contributed by atoms with Gasteiger partial charge in [0, 0.05) is 35.4 Å². The number of hydrogen-bond acceptors (Lipinski definition) is 5. The number of nitrogens with two attached hydrogens (primary N) is 1. The Bertz CT molecular complexity index is 1340. The first-order chi connectivity index (χ1) is 16.0. The summed E-state index contributed by atoms with van der Waals surface area (Å²) in [5.74, 6) is -6.55. The lowest BCUT2D eigenvalue weighted by atomic mass is 9.81. The number of halogens is 5. The molecule has 0 unspecified atom stereocenters. The minimum atomic E-state index is -4.78. The Morgan fingerprint density at radius 1 is 1.24 bits per heavy atom. The molecule has 0 saturated carbocycles. The zero-order chi connectivity index (χ0) is 24.9. The number of amides is 1. The van der Waals surface area contributed by atoms with Crippen LogP contribution in [0.25, 0.3) is 10.9 Å². The third-order valence-corrected chi connectivity index (χ3v) is 5.93. The summed E-state index contributed by atoms with van der Waals surface area (Å²) < 4.78 is 79.9. The second-order valence-corrected chi connectivity index (χ2v) is 7.92. The number of pyridine rings is 2. The summed E-state index contributed by atoms with van der Waals surface area (Å²) in [5.41, 5.74) is 4.20. The number of methoxy groups -OCH3 is 1. The number of alkyl halides is 3. The number of nitrogens with zero attached hydrogens (tertiary/aromatic N) is 1. The number of benzene rings is 1. The van der Waals surface area contributed by atoms with Crippen LogP contribution in [0, 0.1) is 17.6 Å². The number of aromatic amines is 1. The summed E-state index contributed by atoms with van der Waals surface area (Å²) in [6.07, 6.45) is -7.26. The fraction of sp³-hybridized carbons (Fsp3) is 0.318. The average Bonchev–Trinajstić information content (AvgIpc) is 3.12. The molecule has 0 spiro atoms. The van der Waals surface area contributed by atoms with Crippen molar-refractivity contribution in [3.63, 3.8) is 0 Å². The monoisotopic (exact) mass is 483 g/mol. The summed E-state index contributed by atoms with van der Waals surface area (Å²) in [6, 6.07) is 4.24.